The number of hydrogen-bond donors (Lipinski definition) is 0. The number of hydrogen-bond acceptors (Lipinski definition) is 5. The lowest BCUT2D eigenvalue weighted by atomic mass is 10.1. The van der Waals surface area contributed by atoms with E-state index in [0.717, 1.165) is 20.9 Å². The Hall–Kier alpha value is -2.27. The third-order valence-electron chi connectivity index (χ3n) is 3.46. The van der Waals surface area contributed by atoms with Crippen LogP contribution in [0.5, 0.6) is 17.2 Å². The van der Waals surface area contributed by atoms with E-state index >= 15 is 0 Å². The summed E-state index contributed by atoms with van der Waals surface area (Å²) in [5, 5.41) is 0. The highest BCUT2D eigenvalue weighted by molar-refractivity contribution is 7.12. The van der Waals surface area contributed by atoms with E-state index in [4.69, 9.17) is 14.2 Å². The third-order valence-corrected chi connectivity index (χ3v) is 4.42. The number of aryl methyl sites for hydroxylation is 2. The summed E-state index contributed by atoms with van der Waals surface area (Å²) < 4.78 is 15.9. The smallest absolute Gasteiger partial charge is 0.186 e. The van der Waals surface area contributed by atoms with Crippen LogP contribution in [0.3, 0.4) is 0 Å². The maximum atomic E-state index is 12.4. The van der Waals surface area contributed by atoms with E-state index in [1.54, 1.807) is 57.0 Å². The number of methoxy groups -OCH3 is 3. The molecule has 0 amide bonds. The zero-order valence-corrected chi connectivity index (χ0v) is 14.7. The molecule has 0 bridgehead atoms. The van der Waals surface area contributed by atoms with E-state index in [0.29, 0.717) is 17.2 Å². The molecule has 4 nitrogen and oxygen atoms in total. The normalized spacial score (nSPS) is 10.8. The molecule has 0 aliphatic heterocycles. The molecular weight excluding hydrogens is 312 g/mol. The minimum atomic E-state index is -0.0244. The first-order valence-electron chi connectivity index (χ1n) is 7.09. The molecule has 2 rings (SSSR count). The second kappa shape index (κ2) is 7.33. The van der Waals surface area contributed by atoms with Gasteiger partial charge >= 0.3 is 0 Å². The first-order chi connectivity index (χ1) is 11.0. The van der Waals surface area contributed by atoms with Crippen LogP contribution >= 0.6 is 11.3 Å². The van der Waals surface area contributed by atoms with Gasteiger partial charge in [-0.2, -0.15) is 0 Å². The lowest BCUT2D eigenvalue weighted by Gasteiger charge is -2.12. The summed E-state index contributed by atoms with van der Waals surface area (Å²) in [6.45, 7) is 3.95. The van der Waals surface area contributed by atoms with Crippen molar-refractivity contribution in [3.63, 3.8) is 0 Å². The number of benzene rings is 1. The second-order valence-electron chi connectivity index (χ2n) is 4.97. The number of carbonyl (C=O) groups excluding carboxylic acids is 1. The van der Waals surface area contributed by atoms with Crippen LogP contribution in [0, 0.1) is 13.8 Å². The monoisotopic (exact) mass is 332 g/mol. The lowest BCUT2D eigenvalue weighted by molar-refractivity contribution is 0.104. The average Bonchev–Trinajstić information content (AvgIpc) is 2.90. The summed E-state index contributed by atoms with van der Waals surface area (Å²) in [7, 11) is 4.71. The predicted octanol–water partition coefficient (Wildman–Crippen LogP) is 4.29. The zero-order valence-electron chi connectivity index (χ0n) is 13.9. The Kier molecular flexibility index (Phi) is 5.45. The van der Waals surface area contributed by atoms with Gasteiger partial charge in [0.15, 0.2) is 17.3 Å². The summed E-state index contributed by atoms with van der Waals surface area (Å²) in [6, 6.07) is 5.44. The van der Waals surface area contributed by atoms with Crippen LogP contribution in [0.4, 0.5) is 0 Å². The van der Waals surface area contributed by atoms with Crippen LogP contribution in [0.15, 0.2) is 24.3 Å². The molecule has 5 heteroatoms. The largest absolute Gasteiger partial charge is 0.496 e. The van der Waals surface area contributed by atoms with Crippen molar-refractivity contribution in [2.24, 2.45) is 0 Å². The SMILES string of the molecule is COc1cc(OC)c(OC)cc1C=CC(=O)c1cc(C)sc1C. The molecule has 0 aliphatic carbocycles. The molecule has 0 aliphatic rings. The summed E-state index contributed by atoms with van der Waals surface area (Å²) in [5.74, 6) is 1.76. The third kappa shape index (κ3) is 3.74. The molecule has 0 spiro atoms. The summed E-state index contributed by atoms with van der Waals surface area (Å²) in [5.41, 5.74) is 1.49. The van der Waals surface area contributed by atoms with Crippen LogP contribution in [0.2, 0.25) is 0 Å². The molecular formula is C18H20O4S. The Balaban J connectivity index is 2.34. The fraction of sp³-hybridized carbons (Fsp3) is 0.278. The number of ketones is 1. The maximum Gasteiger partial charge on any atom is 0.186 e. The molecule has 1 aromatic heterocycles. The van der Waals surface area contributed by atoms with Crippen molar-refractivity contribution in [1.82, 2.24) is 0 Å². The first kappa shape index (κ1) is 17.1. The number of ether oxygens (including phenoxy) is 3. The van der Waals surface area contributed by atoms with E-state index in [1.807, 2.05) is 19.9 Å². The van der Waals surface area contributed by atoms with Gasteiger partial charge in [0.2, 0.25) is 0 Å². The quantitative estimate of drug-likeness (QED) is 0.585. The number of rotatable bonds is 6. The Bertz CT molecular complexity index is 744. The number of carbonyl (C=O) groups is 1. The van der Waals surface area contributed by atoms with Gasteiger partial charge in [-0.05, 0) is 38.1 Å². The molecule has 122 valence electrons. The van der Waals surface area contributed by atoms with Crippen molar-refractivity contribution >= 4 is 23.2 Å². The fourth-order valence-corrected chi connectivity index (χ4v) is 3.24. The molecule has 0 saturated heterocycles. The van der Waals surface area contributed by atoms with Crippen LogP contribution in [-0.4, -0.2) is 27.1 Å². The van der Waals surface area contributed by atoms with Crippen molar-refractivity contribution in [1.29, 1.82) is 0 Å². The lowest BCUT2D eigenvalue weighted by Crippen LogP contribution is -1.96. The van der Waals surface area contributed by atoms with E-state index < -0.39 is 0 Å². The van der Waals surface area contributed by atoms with Gasteiger partial charge in [0, 0.05) is 26.9 Å². The highest BCUT2D eigenvalue weighted by Crippen LogP contribution is 2.35. The molecule has 0 fully saturated rings. The Morgan fingerprint density at radius 2 is 1.57 bits per heavy atom. The standard InChI is InChI=1S/C18H20O4S/c1-11-8-14(12(2)23-11)15(19)7-6-13-9-17(21-4)18(22-5)10-16(13)20-3/h6-10H,1-5H3. The number of allylic oxidation sites excluding steroid dienone is 1. The minimum Gasteiger partial charge on any atom is -0.496 e. The van der Waals surface area contributed by atoms with Gasteiger partial charge in [-0.3, -0.25) is 4.79 Å². The summed E-state index contributed by atoms with van der Waals surface area (Å²) in [4.78, 5) is 14.5. The van der Waals surface area contributed by atoms with Crippen molar-refractivity contribution in [2.75, 3.05) is 21.3 Å². The molecule has 1 aromatic carbocycles. The molecule has 0 unspecified atom stereocenters. The molecule has 0 radical (unpaired) electrons. The second-order valence-corrected chi connectivity index (χ2v) is 6.43. The fourth-order valence-electron chi connectivity index (χ4n) is 2.31. The average molecular weight is 332 g/mol. The van der Waals surface area contributed by atoms with Gasteiger partial charge in [0.1, 0.15) is 5.75 Å². The first-order valence-corrected chi connectivity index (χ1v) is 7.91. The van der Waals surface area contributed by atoms with Crippen molar-refractivity contribution < 1.29 is 19.0 Å². The molecule has 0 saturated carbocycles. The van der Waals surface area contributed by atoms with Crippen LogP contribution in [0.25, 0.3) is 6.08 Å². The molecule has 0 N–H and O–H groups in total. The molecule has 0 atom stereocenters. The zero-order chi connectivity index (χ0) is 17.0. The Labute approximate surface area is 140 Å². The molecule has 1 heterocycles. The van der Waals surface area contributed by atoms with Crippen LogP contribution in [0.1, 0.15) is 25.7 Å². The van der Waals surface area contributed by atoms with Crippen LogP contribution in [-0.2, 0) is 0 Å². The highest BCUT2D eigenvalue weighted by atomic mass is 32.1. The van der Waals surface area contributed by atoms with E-state index in [-0.39, 0.29) is 5.78 Å². The van der Waals surface area contributed by atoms with Gasteiger partial charge in [-0.15, -0.1) is 11.3 Å². The highest BCUT2D eigenvalue weighted by Gasteiger charge is 2.12. The number of thiophene rings is 1. The topological polar surface area (TPSA) is 44.8 Å². The summed E-state index contributed by atoms with van der Waals surface area (Å²) >= 11 is 1.62. The predicted molar refractivity (Wildman–Crippen MR) is 93.3 cm³/mol. The van der Waals surface area contributed by atoms with Gasteiger partial charge in [0.05, 0.1) is 21.3 Å². The van der Waals surface area contributed by atoms with Crippen molar-refractivity contribution in [3.8, 4) is 17.2 Å². The maximum absolute atomic E-state index is 12.4. The van der Waals surface area contributed by atoms with E-state index in [1.165, 1.54) is 0 Å². The van der Waals surface area contributed by atoms with Gasteiger partial charge in [-0.1, -0.05) is 0 Å². The molecule has 23 heavy (non-hydrogen) atoms. The van der Waals surface area contributed by atoms with Gasteiger partial charge in [-0.25, -0.2) is 0 Å². The molecule has 2 aromatic rings. The van der Waals surface area contributed by atoms with Crippen molar-refractivity contribution in [3.05, 3.63) is 45.2 Å². The van der Waals surface area contributed by atoms with E-state index in [2.05, 4.69) is 0 Å². The van der Waals surface area contributed by atoms with Crippen molar-refractivity contribution in [2.45, 2.75) is 13.8 Å². The van der Waals surface area contributed by atoms with Gasteiger partial charge in [0.25, 0.3) is 0 Å². The Morgan fingerprint density at radius 3 is 2.09 bits per heavy atom. The Morgan fingerprint density at radius 1 is 0.957 bits per heavy atom. The minimum absolute atomic E-state index is 0.0244. The summed E-state index contributed by atoms with van der Waals surface area (Å²) in [6.07, 6.45) is 3.29. The van der Waals surface area contributed by atoms with Gasteiger partial charge < -0.3 is 14.2 Å². The van der Waals surface area contributed by atoms with E-state index in [9.17, 15) is 4.79 Å². The van der Waals surface area contributed by atoms with Crippen LogP contribution < -0.4 is 14.2 Å².